The second-order valence-electron chi connectivity index (χ2n) is 8.41. The van der Waals surface area contributed by atoms with Crippen molar-refractivity contribution in [2.75, 3.05) is 26.7 Å². The van der Waals surface area contributed by atoms with Gasteiger partial charge in [-0.3, -0.25) is 9.69 Å². The van der Waals surface area contributed by atoms with Crippen LogP contribution in [-0.2, 0) is 4.79 Å². The Morgan fingerprint density at radius 3 is 2.54 bits per heavy atom. The molecule has 0 spiro atoms. The number of ether oxygens (including phenoxy) is 1. The van der Waals surface area contributed by atoms with E-state index in [1.165, 1.54) is 44.1 Å². The van der Waals surface area contributed by atoms with Gasteiger partial charge < -0.3 is 10.1 Å². The first-order chi connectivity index (χ1) is 12.7. The summed E-state index contributed by atoms with van der Waals surface area (Å²) < 4.78 is 5.31. The number of methoxy groups -OCH3 is 1. The van der Waals surface area contributed by atoms with Crippen LogP contribution in [0.3, 0.4) is 0 Å². The van der Waals surface area contributed by atoms with E-state index in [2.05, 4.69) is 22.3 Å². The number of likely N-dealkylation sites (tertiary alicyclic amines) is 1. The summed E-state index contributed by atoms with van der Waals surface area (Å²) >= 11 is 0. The van der Waals surface area contributed by atoms with Crippen molar-refractivity contribution in [3.63, 3.8) is 0 Å². The molecule has 1 saturated heterocycles. The van der Waals surface area contributed by atoms with Gasteiger partial charge in [-0.05, 0) is 74.7 Å². The number of rotatable bonds is 6. The number of carbonyl (C=O) groups is 1. The predicted molar refractivity (Wildman–Crippen MR) is 103 cm³/mol. The minimum absolute atomic E-state index is 0.267. The molecule has 2 aliphatic carbocycles. The summed E-state index contributed by atoms with van der Waals surface area (Å²) in [6.07, 6.45) is 8.84. The Bertz CT molecular complexity index is 609. The summed E-state index contributed by atoms with van der Waals surface area (Å²) in [5.74, 6) is 2.92. The highest BCUT2D eigenvalue weighted by Gasteiger charge is 2.43. The Morgan fingerprint density at radius 2 is 1.92 bits per heavy atom. The Hall–Kier alpha value is -1.55. The number of carbonyl (C=O) groups excluding carboxylic acids is 1. The highest BCUT2D eigenvalue weighted by Crippen LogP contribution is 2.48. The number of piperidine rings is 1. The molecule has 1 aliphatic heterocycles. The first kappa shape index (κ1) is 17.8. The fourth-order valence-corrected chi connectivity index (χ4v) is 5.41. The molecule has 3 aliphatic rings. The van der Waals surface area contributed by atoms with E-state index in [1.807, 2.05) is 12.1 Å². The molecule has 2 bridgehead atoms. The van der Waals surface area contributed by atoms with Crippen LogP contribution in [0.25, 0.3) is 0 Å². The average molecular weight is 357 g/mol. The predicted octanol–water partition coefficient (Wildman–Crippen LogP) is 3.77. The number of nitrogens with zero attached hydrogens (tertiary/aromatic N) is 1. The van der Waals surface area contributed by atoms with Crippen LogP contribution in [0.1, 0.15) is 56.6 Å². The van der Waals surface area contributed by atoms with Crippen LogP contribution < -0.4 is 10.1 Å². The Morgan fingerprint density at radius 1 is 1.15 bits per heavy atom. The number of benzene rings is 1. The zero-order valence-corrected chi connectivity index (χ0v) is 16.0. The molecule has 1 N–H and O–H groups in total. The van der Waals surface area contributed by atoms with E-state index in [0.29, 0.717) is 11.8 Å². The summed E-state index contributed by atoms with van der Waals surface area (Å²) in [4.78, 5) is 15.4. The number of hydrogen-bond donors (Lipinski definition) is 1. The van der Waals surface area contributed by atoms with Crippen LogP contribution in [-0.4, -0.2) is 37.6 Å². The van der Waals surface area contributed by atoms with Crippen molar-refractivity contribution in [2.24, 2.45) is 17.8 Å². The van der Waals surface area contributed by atoms with Gasteiger partial charge in [-0.15, -0.1) is 0 Å². The number of hydrogen-bond acceptors (Lipinski definition) is 3. The van der Waals surface area contributed by atoms with E-state index in [0.717, 1.165) is 37.7 Å². The van der Waals surface area contributed by atoms with Gasteiger partial charge in [-0.25, -0.2) is 0 Å². The third-order valence-electron chi connectivity index (χ3n) is 6.88. The van der Waals surface area contributed by atoms with E-state index in [9.17, 15) is 4.79 Å². The van der Waals surface area contributed by atoms with Gasteiger partial charge in [0, 0.05) is 12.5 Å². The fourth-order valence-electron chi connectivity index (χ4n) is 5.41. The molecule has 26 heavy (non-hydrogen) atoms. The van der Waals surface area contributed by atoms with Crippen molar-refractivity contribution < 1.29 is 9.53 Å². The van der Waals surface area contributed by atoms with Crippen LogP contribution >= 0.6 is 0 Å². The molecular formula is C22H32N2O2. The van der Waals surface area contributed by atoms with E-state index in [4.69, 9.17) is 4.74 Å². The number of amides is 1. The van der Waals surface area contributed by atoms with Crippen molar-refractivity contribution >= 4 is 5.91 Å². The van der Waals surface area contributed by atoms with E-state index < -0.39 is 0 Å². The Labute approximate surface area is 157 Å². The largest absolute Gasteiger partial charge is 0.497 e. The normalized spacial score (nSPS) is 29.5. The first-order valence-corrected chi connectivity index (χ1v) is 10.4. The molecule has 4 heteroatoms. The molecule has 1 aromatic rings. The van der Waals surface area contributed by atoms with Gasteiger partial charge in [0.05, 0.1) is 13.2 Å². The Kier molecular flexibility index (Phi) is 5.49. The Balaban J connectivity index is 1.42. The molecule has 0 radical (unpaired) electrons. The average Bonchev–Trinajstić information content (AvgIpc) is 3.33. The lowest BCUT2D eigenvalue weighted by Gasteiger charge is -2.35. The molecule has 4 nitrogen and oxygen atoms in total. The van der Waals surface area contributed by atoms with E-state index >= 15 is 0 Å². The number of fused-ring (bicyclic) bond motifs is 2. The molecule has 4 unspecified atom stereocenters. The summed E-state index contributed by atoms with van der Waals surface area (Å²) in [6.45, 7) is 2.97. The summed E-state index contributed by atoms with van der Waals surface area (Å²) in [6, 6.07) is 8.64. The first-order valence-electron chi connectivity index (χ1n) is 10.4. The topological polar surface area (TPSA) is 41.6 Å². The molecule has 4 rings (SSSR count). The molecule has 4 atom stereocenters. The van der Waals surface area contributed by atoms with Gasteiger partial charge in [0.25, 0.3) is 0 Å². The van der Waals surface area contributed by atoms with E-state index in [1.54, 1.807) is 7.11 Å². The van der Waals surface area contributed by atoms with Crippen molar-refractivity contribution in [2.45, 2.75) is 51.0 Å². The van der Waals surface area contributed by atoms with Crippen LogP contribution in [0.15, 0.2) is 24.3 Å². The van der Waals surface area contributed by atoms with Gasteiger partial charge in [-0.2, -0.15) is 0 Å². The quantitative estimate of drug-likeness (QED) is 0.843. The van der Waals surface area contributed by atoms with Crippen LogP contribution in [0.4, 0.5) is 0 Å². The maximum Gasteiger partial charge on any atom is 0.223 e. The molecule has 0 aromatic heterocycles. The van der Waals surface area contributed by atoms with E-state index in [-0.39, 0.29) is 12.0 Å². The molecule has 2 saturated carbocycles. The third kappa shape index (κ3) is 3.75. The molecule has 1 heterocycles. The second kappa shape index (κ2) is 7.99. The van der Waals surface area contributed by atoms with Crippen molar-refractivity contribution in [3.8, 4) is 5.75 Å². The SMILES string of the molecule is COc1ccc(C(CNC(=O)C2CC3CCC2C3)N2CCCCC2)cc1. The van der Waals surface area contributed by atoms with Crippen molar-refractivity contribution in [3.05, 3.63) is 29.8 Å². The molecular weight excluding hydrogens is 324 g/mol. The van der Waals surface area contributed by atoms with Crippen molar-refractivity contribution in [1.29, 1.82) is 0 Å². The van der Waals surface area contributed by atoms with Gasteiger partial charge in [0.1, 0.15) is 5.75 Å². The summed E-state index contributed by atoms with van der Waals surface area (Å²) in [7, 11) is 1.70. The van der Waals surface area contributed by atoms with Gasteiger partial charge in [-0.1, -0.05) is 25.0 Å². The highest BCUT2D eigenvalue weighted by molar-refractivity contribution is 5.79. The minimum Gasteiger partial charge on any atom is -0.497 e. The molecule has 3 fully saturated rings. The lowest BCUT2D eigenvalue weighted by molar-refractivity contribution is -0.126. The highest BCUT2D eigenvalue weighted by atomic mass is 16.5. The zero-order valence-electron chi connectivity index (χ0n) is 16.0. The smallest absolute Gasteiger partial charge is 0.223 e. The fraction of sp³-hybridized carbons (Fsp3) is 0.682. The lowest BCUT2D eigenvalue weighted by Crippen LogP contribution is -2.42. The molecule has 1 amide bonds. The molecule has 142 valence electrons. The maximum atomic E-state index is 12.8. The van der Waals surface area contributed by atoms with Crippen LogP contribution in [0.2, 0.25) is 0 Å². The van der Waals surface area contributed by atoms with Crippen molar-refractivity contribution in [1.82, 2.24) is 10.2 Å². The second-order valence-corrected chi connectivity index (χ2v) is 8.41. The van der Waals surface area contributed by atoms with Crippen LogP contribution in [0, 0.1) is 17.8 Å². The van der Waals surface area contributed by atoms with Crippen LogP contribution in [0.5, 0.6) is 5.75 Å². The van der Waals surface area contributed by atoms with Gasteiger partial charge in [0.2, 0.25) is 5.91 Å². The number of nitrogens with one attached hydrogen (secondary N) is 1. The summed E-state index contributed by atoms with van der Waals surface area (Å²) in [5, 5.41) is 3.32. The van der Waals surface area contributed by atoms with Gasteiger partial charge in [0.15, 0.2) is 0 Å². The maximum absolute atomic E-state index is 12.8. The third-order valence-corrected chi connectivity index (χ3v) is 6.88. The molecule has 1 aromatic carbocycles. The van der Waals surface area contributed by atoms with Gasteiger partial charge >= 0.3 is 0 Å². The lowest BCUT2D eigenvalue weighted by atomic mass is 9.88. The monoisotopic (exact) mass is 356 g/mol. The standard InChI is InChI=1S/C22H32N2O2/c1-26-19-9-7-17(8-10-19)21(24-11-3-2-4-12-24)15-23-22(25)20-14-16-5-6-18(20)13-16/h7-10,16,18,20-21H,2-6,11-15H2,1H3,(H,23,25). The zero-order chi connectivity index (χ0) is 17.9. The summed E-state index contributed by atoms with van der Waals surface area (Å²) in [5.41, 5.74) is 1.28. The minimum atomic E-state index is 0.267.